The molecule has 1 fully saturated rings. The molecule has 2 heterocycles. The first kappa shape index (κ1) is 18.8. The summed E-state index contributed by atoms with van der Waals surface area (Å²) in [5, 5.41) is 17.1. The molecule has 0 amide bonds. The third kappa shape index (κ3) is 5.83. The van der Waals surface area contributed by atoms with Crippen molar-refractivity contribution in [3.63, 3.8) is 0 Å². The summed E-state index contributed by atoms with van der Waals surface area (Å²) in [6, 6.07) is 3.55. The maximum absolute atomic E-state index is 10.5. The Hall–Kier alpha value is -1.53. The van der Waals surface area contributed by atoms with Crippen LogP contribution in [0, 0.1) is 5.92 Å². The Bertz CT molecular complexity index is 491. The number of furan rings is 1. The van der Waals surface area contributed by atoms with Gasteiger partial charge in [-0.25, -0.2) is 4.99 Å². The zero-order valence-electron chi connectivity index (χ0n) is 15.2. The van der Waals surface area contributed by atoms with E-state index >= 15 is 0 Å². The normalized spacial score (nSPS) is 19.9. The lowest BCUT2D eigenvalue weighted by Crippen LogP contribution is -2.40. The van der Waals surface area contributed by atoms with Crippen LogP contribution in [0.25, 0.3) is 0 Å². The lowest BCUT2D eigenvalue weighted by atomic mass is 9.94. The minimum atomic E-state index is -1.10. The highest BCUT2D eigenvalue weighted by atomic mass is 16.4. The van der Waals surface area contributed by atoms with Gasteiger partial charge in [0.05, 0.1) is 12.8 Å². The van der Waals surface area contributed by atoms with Crippen LogP contribution in [0.15, 0.2) is 27.8 Å². The predicted octanol–water partition coefficient (Wildman–Crippen LogP) is 1.77. The molecular weight excluding hydrogens is 304 g/mol. The molecule has 0 bridgehead atoms. The summed E-state index contributed by atoms with van der Waals surface area (Å²) in [6.45, 7) is 8.11. The van der Waals surface area contributed by atoms with E-state index in [-0.39, 0.29) is 6.54 Å². The van der Waals surface area contributed by atoms with Gasteiger partial charge in [0.15, 0.2) is 5.96 Å². The number of piperidine rings is 1. The molecule has 6 nitrogen and oxygen atoms in total. The number of nitrogens with zero attached hydrogens (tertiary/aromatic N) is 2. The molecule has 1 unspecified atom stereocenters. The number of likely N-dealkylation sites (tertiary alicyclic amines) is 1. The average Bonchev–Trinajstić information content (AvgIpc) is 3.10. The van der Waals surface area contributed by atoms with Crippen molar-refractivity contribution in [2.24, 2.45) is 10.9 Å². The van der Waals surface area contributed by atoms with Crippen molar-refractivity contribution in [2.45, 2.75) is 38.7 Å². The number of hydrogen-bond donors (Lipinski definition) is 3. The molecule has 0 aliphatic carbocycles. The van der Waals surface area contributed by atoms with Gasteiger partial charge in [-0.05, 0) is 71.3 Å². The van der Waals surface area contributed by atoms with Crippen LogP contribution in [0.3, 0.4) is 0 Å². The van der Waals surface area contributed by atoms with E-state index in [0.29, 0.717) is 5.76 Å². The van der Waals surface area contributed by atoms with E-state index in [0.717, 1.165) is 31.4 Å². The third-order valence-corrected chi connectivity index (χ3v) is 4.62. The molecule has 136 valence electrons. The maximum atomic E-state index is 10.5. The van der Waals surface area contributed by atoms with Crippen molar-refractivity contribution in [1.29, 1.82) is 0 Å². The Morgan fingerprint density at radius 3 is 2.79 bits per heavy atom. The molecule has 0 saturated carbocycles. The van der Waals surface area contributed by atoms with Gasteiger partial charge in [0.1, 0.15) is 11.4 Å². The molecule has 3 N–H and O–H groups in total. The van der Waals surface area contributed by atoms with E-state index in [1.54, 1.807) is 25.3 Å². The van der Waals surface area contributed by atoms with Gasteiger partial charge in [0, 0.05) is 13.1 Å². The van der Waals surface area contributed by atoms with E-state index in [2.05, 4.69) is 27.6 Å². The fourth-order valence-electron chi connectivity index (χ4n) is 2.98. The Kier molecular flexibility index (Phi) is 7.12. The monoisotopic (exact) mass is 336 g/mol. The largest absolute Gasteiger partial charge is 0.466 e. The Labute approximate surface area is 145 Å². The summed E-state index contributed by atoms with van der Waals surface area (Å²) in [5.41, 5.74) is -1.10. The first-order valence-electron chi connectivity index (χ1n) is 8.98. The van der Waals surface area contributed by atoms with Crippen molar-refractivity contribution in [1.82, 2.24) is 15.5 Å². The molecule has 2 rings (SSSR count). The molecule has 1 aliphatic heterocycles. The summed E-state index contributed by atoms with van der Waals surface area (Å²) >= 11 is 0. The van der Waals surface area contributed by atoms with Crippen LogP contribution in [0.4, 0.5) is 0 Å². The fourth-order valence-corrected chi connectivity index (χ4v) is 2.98. The second kappa shape index (κ2) is 9.08. The van der Waals surface area contributed by atoms with E-state index in [9.17, 15) is 5.11 Å². The summed E-state index contributed by atoms with van der Waals surface area (Å²) in [5.74, 6) is 2.08. The highest BCUT2D eigenvalue weighted by Gasteiger charge is 2.26. The van der Waals surface area contributed by atoms with Crippen LogP contribution in [0.5, 0.6) is 0 Å². The molecule has 1 aromatic rings. The number of nitrogens with one attached hydrogen (secondary N) is 2. The van der Waals surface area contributed by atoms with Gasteiger partial charge < -0.3 is 25.1 Å². The highest BCUT2D eigenvalue weighted by molar-refractivity contribution is 5.79. The zero-order valence-corrected chi connectivity index (χ0v) is 15.2. The number of guanidine groups is 1. The Morgan fingerprint density at radius 2 is 2.17 bits per heavy atom. The zero-order chi connectivity index (χ0) is 17.4. The highest BCUT2D eigenvalue weighted by Crippen LogP contribution is 2.21. The van der Waals surface area contributed by atoms with Crippen molar-refractivity contribution < 1.29 is 9.52 Å². The molecule has 1 aliphatic rings. The minimum absolute atomic E-state index is 0.254. The second-order valence-electron chi connectivity index (χ2n) is 6.91. The Morgan fingerprint density at radius 1 is 1.42 bits per heavy atom. The fraction of sp³-hybridized carbons (Fsp3) is 0.722. The van der Waals surface area contributed by atoms with E-state index in [1.807, 2.05) is 6.92 Å². The summed E-state index contributed by atoms with van der Waals surface area (Å²) in [4.78, 5) is 6.91. The van der Waals surface area contributed by atoms with Gasteiger partial charge in [-0.3, -0.25) is 0 Å². The van der Waals surface area contributed by atoms with Crippen LogP contribution in [0.2, 0.25) is 0 Å². The smallest absolute Gasteiger partial charge is 0.191 e. The van der Waals surface area contributed by atoms with Crippen LogP contribution in [0.1, 0.15) is 38.9 Å². The van der Waals surface area contributed by atoms with Gasteiger partial charge in [0.25, 0.3) is 0 Å². The number of hydrogen-bond acceptors (Lipinski definition) is 4. The van der Waals surface area contributed by atoms with E-state index in [4.69, 9.17) is 4.42 Å². The Balaban J connectivity index is 1.80. The van der Waals surface area contributed by atoms with Crippen molar-refractivity contribution in [2.75, 3.05) is 39.8 Å². The van der Waals surface area contributed by atoms with Crippen molar-refractivity contribution >= 4 is 5.96 Å². The third-order valence-electron chi connectivity index (χ3n) is 4.62. The molecular formula is C18H32N4O2. The molecule has 0 radical (unpaired) electrons. The molecule has 1 atom stereocenters. The maximum Gasteiger partial charge on any atom is 0.191 e. The average molecular weight is 336 g/mol. The van der Waals surface area contributed by atoms with Gasteiger partial charge in [-0.2, -0.15) is 0 Å². The lowest BCUT2D eigenvalue weighted by Gasteiger charge is -2.29. The van der Waals surface area contributed by atoms with Crippen molar-refractivity contribution in [3.05, 3.63) is 24.2 Å². The van der Waals surface area contributed by atoms with Gasteiger partial charge in [-0.15, -0.1) is 0 Å². The number of aliphatic imine (C=N–C) groups is 1. The minimum Gasteiger partial charge on any atom is -0.466 e. The summed E-state index contributed by atoms with van der Waals surface area (Å²) in [7, 11) is 2.19. The number of rotatable bonds is 7. The second-order valence-corrected chi connectivity index (χ2v) is 6.91. The molecule has 0 aromatic carbocycles. The standard InChI is InChI=1S/C18H32N4O2/c1-4-19-17(20-10-7-15-8-11-22(3)12-9-15)21-14-18(2,23)16-6-5-13-24-16/h5-6,13,15,23H,4,7-12,14H2,1-3H3,(H2,19,20,21). The van der Waals surface area contributed by atoms with Crippen LogP contribution >= 0.6 is 0 Å². The van der Waals surface area contributed by atoms with Crippen LogP contribution in [-0.2, 0) is 5.60 Å². The lowest BCUT2D eigenvalue weighted by molar-refractivity contribution is 0.0437. The van der Waals surface area contributed by atoms with Crippen LogP contribution < -0.4 is 10.6 Å². The number of aliphatic hydroxyl groups is 1. The molecule has 6 heteroatoms. The SMILES string of the molecule is CCNC(=NCC(C)(O)c1ccco1)NCCC1CCN(C)CC1. The first-order valence-corrected chi connectivity index (χ1v) is 8.98. The van der Waals surface area contributed by atoms with Gasteiger partial charge >= 0.3 is 0 Å². The quantitative estimate of drug-likeness (QED) is 0.523. The summed E-state index contributed by atoms with van der Waals surface area (Å²) < 4.78 is 5.30. The van der Waals surface area contributed by atoms with Gasteiger partial charge in [0.2, 0.25) is 0 Å². The van der Waals surface area contributed by atoms with Gasteiger partial charge in [-0.1, -0.05) is 0 Å². The molecule has 24 heavy (non-hydrogen) atoms. The van der Waals surface area contributed by atoms with Crippen LogP contribution in [-0.4, -0.2) is 55.7 Å². The first-order chi connectivity index (χ1) is 11.5. The van der Waals surface area contributed by atoms with E-state index < -0.39 is 5.60 Å². The molecule has 0 spiro atoms. The molecule has 1 saturated heterocycles. The van der Waals surface area contributed by atoms with E-state index in [1.165, 1.54) is 25.9 Å². The predicted molar refractivity (Wildman–Crippen MR) is 97.1 cm³/mol. The van der Waals surface area contributed by atoms with Crippen molar-refractivity contribution in [3.8, 4) is 0 Å². The molecule has 1 aromatic heterocycles. The topological polar surface area (TPSA) is 73.0 Å². The summed E-state index contributed by atoms with van der Waals surface area (Å²) in [6.07, 6.45) is 5.28.